The number of carboxylic acid groups (broad SMARTS) is 1. The highest BCUT2D eigenvalue weighted by molar-refractivity contribution is 6.00. The highest BCUT2D eigenvalue weighted by Crippen LogP contribution is 2.44. The van der Waals surface area contributed by atoms with Gasteiger partial charge < -0.3 is 19.6 Å². The molecule has 2 aliphatic carbocycles. The second kappa shape index (κ2) is 9.66. The van der Waals surface area contributed by atoms with Crippen LogP contribution in [0.4, 0.5) is 10.5 Å². The smallest absolute Gasteiger partial charge is 0.411 e. The number of anilines is 1. The molecule has 0 saturated heterocycles. The lowest BCUT2D eigenvalue weighted by Crippen LogP contribution is -2.33. The van der Waals surface area contributed by atoms with E-state index in [0.29, 0.717) is 6.42 Å². The van der Waals surface area contributed by atoms with Gasteiger partial charge in [-0.2, -0.15) is 0 Å². The molecule has 3 aromatic rings. The molecule has 35 heavy (non-hydrogen) atoms. The number of carbonyl (C=O) groups is 3. The second-order valence-electron chi connectivity index (χ2n) is 8.96. The molecule has 0 radical (unpaired) electrons. The molecule has 2 aromatic carbocycles. The Labute approximate surface area is 202 Å². The quantitative estimate of drug-likeness (QED) is 0.450. The summed E-state index contributed by atoms with van der Waals surface area (Å²) >= 11 is 0. The van der Waals surface area contributed by atoms with E-state index < -0.39 is 23.9 Å². The Morgan fingerprint density at radius 1 is 0.971 bits per heavy atom. The topological polar surface area (TPSA) is 118 Å². The van der Waals surface area contributed by atoms with Crippen molar-refractivity contribution in [1.29, 1.82) is 0 Å². The minimum absolute atomic E-state index is 0.0524. The van der Waals surface area contributed by atoms with Crippen LogP contribution in [0.3, 0.4) is 0 Å². The number of carbonyl (C=O) groups excluding carboxylic acids is 2. The number of fused-ring (bicyclic) bond motifs is 3. The zero-order valence-corrected chi connectivity index (χ0v) is 19.0. The normalized spacial score (nSPS) is 18.5. The van der Waals surface area contributed by atoms with E-state index in [4.69, 9.17) is 9.15 Å². The van der Waals surface area contributed by atoms with Crippen LogP contribution >= 0.6 is 0 Å². The average molecular weight is 475 g/mol. The minimum Gasteiger partial charge on any atom is -0.481 e. The SMILES string of the molecule is O=C(Nc1ccoc1C(=O)NC[C@@H]1CCC[C@@H]1C(=O)O)OCC1c2ccccc2-c2ccccc21. The maximum absolute atomic E-state index is 12.6. The van der Waals surface area contributed by atoms with E-state index in [1.54, 1.807) is 0 Å². The van der Waals surface area contributed by atoms with Crippen molar-refractivity contribution in [1.82, 2.24) is 5.32 Å². The summed E-state index contributed by atoms with van der Waals surface area (Å²) in [6, 6.07) is 17.6. The number of benzene rings is 2. The summed E-state index contributed by atoms with van der Waals surface area (Å²) in [4.78, 5) is 36.6. The van der Waals surface area contributed by atoms with Crippen LogP contribution in [0.1, 0.15) is 46.9 Å². The van der Waals surface area contributed by atoms with Crippen molar-refractivity contribution in [3.8, 4) is 11.1 Å². The molecule has 180 valence electrons. The monoisotopic (exact) mass is 474 g/mol. The van der Waals surface area contributed by atoms with E-state index in [9.17, 15) is 19.5 Å². The molecule has 2 aliphatic rings. The van der Waals surface area contributed by atoms with E-state index in [1.165, 1.54) is 12.3 Å². The van der Waals surface area contributed by atoms with Crippen molar-refractivity contribution in [3.63, 3.8) is 0 Å². The van der Waals surface area contributed by atoms with E-state index in [1.807, 2.05) is 36.4 Å². The van der Waals surface area contributed by atoms with E-state index in [-0.39, 0.29) is 36.4 Å². The first kappa shape index (κ1) is 22.7. The maximum atomic E-state index is 12.6. The molecule has 0 unspecified atom stereocenters. The molecule has 1 fully saturated rings. The summed E-state index contributed by atoms with van der Waals surface area (Å²) in [6.07, 6.45) is 2.81. The van der Waals surface area contributed by atoms with Gasteiger partial charge in [-0.25, -0.2) is 4.79 Å². The Bertz CT molecular complexity index is 1220. The van der Waals surface area contributed by atoms with Crippen molar-refractivity contribution in [3.05, 3.63) is 77.7 Å². The van der Waals surface area contributed by atoms with Crippen LogP contribution in [0.5, 0.6) is 0 Å². The summed E-state index contributed by atoms with van der Waals surface area (Å²) in [5.74, 6) is -2.05. The number of ether oxygens (including phenoxy) is 1. The summed E-state index contributed by atoms with van der Waals surface area (Å²) in [6.45, 7) is 0.387. The second-order valence-corrected chi connectivity index (χ2v) is 8.96. The molecule has 3 N–H and O–H groups in total. The number of amides is 2. The lowest BCUT2D eigenvalue weighted by Gasteiger charge is -2.16. The molecule has 0 bridgehead atoms. The van der Waals surface area contributed by atoms with Crippen molar-refractivity contribution in [2.75, 3.05) is 18.5 Å². The lowest BCUT2D eigenvalue weighted by molar-refractivity contribution is -0.142. The zero-order chi connectivity index (χ0) is 24.4. The predicted octanol–water partition coefficient (Wildman–Crippen LogP) is 4.87. The third-order valence-corrected chi connectivity index (χ3v) is 6.95. The van der Waals surface area contributed by atoms with Gasteiger partial charge in [-0.15, -0.1) is 0 Å². The Morgan fingerprint density at radius 2 is 1.66 bits per heavy atom. The van der Waals surface area contributed by atoms with Crippen molar-refractivity contribution >= 4 is 23.7 Å². The number of hydrogen-bond donors (Lipinski definition) is 3. The van der Waals surface area contributed by atoms with Crippen molar-refractivity contribution in [2.24, 2.45) is 11.8 Å². The van der Waals surface area contributed by atoms with Gasteiger partial charge in [0, 0.05) is 18.5 Å². The van der Waals surface area contributed by atoms with Crippen LogP contribution in [-0.4, -0.2) is 36.2 Å². The fraction of sp³-hybridized carbons (Fsp3) is 0.296. The molecule has 8 nitrogen and oxygen atoms in total. The number of nitrogens with one attached hydrogen (secondary N) is 2. The number of aliphatic carboxylic acids is 1. The molecular formula is C27H26N2O6. The van der Waals surface area contributed by atoms with Crippen molar-refractivity contribution in [2.45, 2.75) is 25.2 Å². The molecular weight excluding hydrogens is 448 g/mol. The van der Waals surface area contributed by atoms with Gasteiger partial charge in [-0.1, -0.05) is 55.0 Å². The molecule has 1 aromatic heterocycles. The average Bonchev–Trinajstić information content (AvgIpc) is 3.59. The van der Waals surface area contributed by atoms with Crippen LogP contribution in [0.15, 0.2) is 65.3 Å². The third-order valence-electron chi connectivity index (χ3n) is 6.95. The Morgan fingerprint density at radius 3 is 2.34 bits per heavy atom. The standard InChI is InChI=1S/C27H26N2O6/c30-25(28-14-16-6-5-11-17(16)26(31)32)24-23(12-13-34-24)29-27(33)35-15-22-20-9-3-1-7-18(20)19-8-2-4-10-21(19)22/h1-4,7-10,12-13,16-17,22H,5-6,11,14-15H2,(H,28,30)(H,29,33)(H,31,32)/t16-,17-/m0/s1. The highest BCUT2D eigenvalue weighted by Gasteiger charge is 2.33. The molecule has 1 heterocycles. The first-order chi connectivity index (χ1) is 17.0. The summed E-state index contributed by atoms with van der Waals surface area (Å²) in [5, 5.41) is 14.6. The molecule has 2 amide bonds. The largest absolute Gasteiger partial charge is 0.481 e. The van der Waals surface area contributed by atoms with Gasteiger partial charge in [0.05, 0.1) is 17.9 Å². The Balaban J connectivity index is 1.19. The number of hydrogen-bond acceptors (Lipinski definition) is 5. The van der Waals surface area contributed by atoms with Crippen LogP contribution in [0, 0.1) is 11.8 Å². The maximum Gasteiger partial charge on any atom is 0.411 e. The molecule has 0 aliphatic heterocycles. The Kier molecular flexibility index (Phi) is 6.27. The third kappa shape index (κ3) is 4.51. The lowest BCUT2D eigenvalue weighted by atomic mass is 9.96. The predicted molar refractivity (Wildman–Crippen MR) is 128 cm³/mol. The van der Waals surface area contributed by atoms with Gasteiger partial charge >= 0.3 is 12.1 Å². The summed E-state index contributed by atoms with van der Waals surface area (Å²) < 4.78 is 10.8. The number of carboxylic acids is 1. The fourth-order valence-electron chi connectivity index (χ4n) is 5.24. The first-order valence-corrected chi connectivity index (χ1v) is 11.7. The number of furan rings is 1. The van der Waals surface area contributed by atoms with Gasteiger partial charge in [-0.05, 0) is 41.0 Å². The van der Waals surface area contributed by atoms with Gasteiger partial charge in [0.1, 0.15) is 6.61 Å². The zero-order valence-electron chi connectivity index (χ0n) is 19.0. The van der Waals surface area contributed by atoms with Crippen LogP contribution in [0.25, 0.3) is 11.1 Å². The van der Waals surface area contributed by atoms with Crippen LogP contribution in [-0.2, 0) is 9.53 Å². The van der Waals surface area contributed by atoms with E-state index in [2.05, 4.69) is 22.8 Å². The molecule has 8 heteroatoms. The number of rotatable bonds is 7. The Hall–Kier alpha value is -4.07. The molecule has 0 spiro atoms. The molecule has 2 atom stereocenters. The summed E-state index contributed by atoms with van der Waals surface area (Å²) in [5.41, 5.74) is 4.69. The van der Waals surface area contributed by atoms with Crippen LogP contribution in [0.2, 0.25) is 0 Å². The first-order valence-electron chi connectivity index (χ1n) is 11.7. The van der Waals surface area contributed by atoms with E-state index >= 15 is 0 Å². The van der Waals surface area contributed by atoms with E-state index in [0.717, 1.165) is 35.1 Å². The molecule has 5 rings (SSSR count). The van der Waals surface area contributed by atoms with Gasteiger partial charge in [0.25, 0.3) is 5.91 Å². The van der Waals surface area contributed by atoms with Gasteiger partial charge in [-0.3, -0.25) is 14.9 Å². The highest BCUT2D eigenvalue weighted by atomic mass is 16.5. The molecule has 1 saturated carbocycles. The fourth-order valence-corrected chi connectivity index (χ4v) is 5.24. The van der Waals surface area contributed by atoms with Gasteiger partial charge in [0.2, 0.25) is 5.76 Å². The minimum atomic E-state index is -0.836. The van der Waals surface area contributed by atoms with Crippen molar-refractivity contribution < 1.29 is 28.6 Å². The van der Waals surface area contributed by atoms with Crippen LogP contribution < -0.4 is 10.6 Å². The summed E-state index contributed by atoms with van der Waals surface area (Å²) in [7, 11) is 0. The van der Waals surface area contributed by atoms with Gasteiger partial charge in [0.15, 0.2) is 0 Å².